The van der Waals surface area contributed by atoms with E-state index in [-0.39, 0.29) is 23.2 Å². The van der Waals surface area contributed by atoms with Gasteiger partial charge >= 0.3 is 0 Å². The van der Waals surface area contributed by atoms with Crippen molar-refractivity contribution in [3.05, 3.63) is 29.6 Å². The van der Waals surface area contributed by atoms with Crippen molar-refractivity contribution < 1.29 is 9.18 Å². The third kappa shape index (κ3) is 4.22. The molecule has 0 saturated heterocycles. The number of anilines is 1. The first-order valence-electron chi connectivity index (χ1n) is 5.98. The van der Waals surface area contributed by atoms with E-state index in [0.717, 1.165) is 17.9 Å². The van der Waals surface area contributed by atoms with Gasteiger partial charge in [-0.15, -0.1) is 0 Å². The van der Waals surface area contributed by atoms with Gasteiger partial charge in [-0.05, 0) is 37.0 Å². The maximum Gasteiger partial charge on any atom is 0.253 e. The zero-order chi connectivity index (χ0) is 13.5. The minimum atomic E-state index is -0.558. The number of nitrogens with one attached hydrogen (secondary N) is 1. The highest BCUT2D eigenvalue weighted by Gasteiger charge is 2.14. The summed E-state index contributed by atoms with van der Waals surface area (Å²) in [5.41, 5.74) is 5.65. The number of nitrogens with two attached hydrogens (primary N) is 1. The summed E-state index contributed by atoms with van der Waals surface area (Å²) in [4.78, 5) is 11.9. The summed E-state index contributed by atoms with van der Waals surface area (Å²) in [6, 6.07) is 4.31. The van der Waals surface area contributed by atoms with Crippen molar-refractivity contribution >= 4 is 23.4 Å². The minimum Gasteiger partial charge on any atom is -0.396 e. The van der Waals surface area contributed by atoms with Crippen molar-refractivity contribution in [2.75, 3.05) is 17.2 Å². The molecule has 0 saturated carbocycles. The molecule has 5 heteroatoms. The number of hydrogen-bond donors (Lipinski definition) is 2. The van der Waals surface area contributed by atoms with Crippen molar-refractivity contribution in [1.29, 1.82) is 0 Å². The van der Waals surface area contributed by atoms with Gasteiger partial charge in [0.05, 0.1) is 11.3 Å². The van der Waals surface area contributed by atoms with E-state index < -0.39 is 5.82 Å². The van der Waals surface area contributed by atoms with Gasteiger partial charge in [0.2, 0.25) is 0 Å². The first-order chi connectivity index (χ1) is 8.56. The van der Waals surface area contributed by atoms with Crippen LogP contribution >= 0.6 is 11.8 Å². The fraction of sp³-hybridized carbons (Fsp3) is 0.462. The maximum absolute atomic E-state index is 13.2. The van der Waals surface area contributed by atoms with Gasteiger partial charge in [0.25, 0.3) is 5.91 Å². The second-order valence-corrected chi connectivity index (χ2v) is 5.46. The molecule has 3 nitrogen and oxygen atoms in total. The van der Waals surface area contributed by atoms with Crippen LogP contribution in [0.4, 0.5) is 10.1 Å². The normalized spacial score (nSPS) is 12.2. The van der Waals surface area contributed by atoms with Crippen LogP contribution in [0.15, 0.2) is 18.2 Å². The van der Waals surface area contributed by atoms with Gasteiger partial charge in [-0.2, -0.15) is 11.8 Å². The predicted molar refractivity (Wildman–Crippen MR) is 75.4 cm³/mol. The Kier molecular flexibility index (Phi) is 5.98. The molecule has 0 aromatic heterocycles. The molecule has 1 amide bonds. The summed E-state index contributed by atoms with van der Waals surface area (Å²) in [6.45, 7) is 4.03. The minimum absolute atomic E-state index is 0.0548. The van der Waals surface area contributed by atoms with Gasteiger partial charge in [0.1, 0.15) is 5.82 Å². The highest BCUT2D eigenvalue weighted by molar-refractivity contribution is 7.99. The van der Waals surface area contributed by atoms with Crippen LogP contribution in [-0.4, -0.2) is 23.5 Å². The van der Waals surface area contributed by atoms with Gasteiger partial charge in [0.15, 0.2) is 0 Å². The molecule has 0 radical (unpaired) electrons. The molecule has 1 atom stereocenters. The second kappa shape index (κ2) is 7.26. The van der Waals surface area contributed by atoms with Crippen LogP contribution in [-0.2, 0) is 0 Å². The van der Waals surface area contributed by atoms with E-state index in [4.69, 9.17) is 5.73 Å². The van der Waals surface area contributed by atoms with Crippen LogP contribution in [0.5, 0.6) is 0 Å². The molecular weight excluding hydrogens is 251 g/mol. The molecule has 1 aromatic carbocycles. The van der Waals surface area contributed by atoms with Crippen LogP contribution in [0.1, 0.15) is 30.6 Å². The van der Waals surface area contributed by atoms with E-state index in [1.54, 1.807) is 0 Å². The molecular formula is C13H19FN2OS. The number of carbonyl (C=O) groups is 1. The van der Waals surface area contributed by atoms with Gasteiger partial charge in [0, 0.05) is 6.04 Å². The molecule has 0 fully saturated rings. The highest BCUT2D eigenvalue weighted by Crippen LogP contribution is 2.16. The Hall–Kier alpha value is -1.23. The molecule has 3 N–H and O–H groups in total. The molecule has 100 valence electrons. The first-order valence-corrected chi connectivity index (χ1v) is 7.14. The first kappa shape index (κ1) is 14.8. The van der Waals surface area contributed by atoms with E-state index in [1.165, 1.54) is 18.2 Å². The van der Waals surface area contributed by atoms with Crippen LogP contribution in [0.25, 0.3) is 0 Å². The lowest BCUT2D eigenvalue weighted by Crippen LogP contribution is -2.33. The van der Waals surface area contributed by atoms with E-state index in [9.17, 15) is 9.18 Å². The van der Waals surface area contributed by atoms with Crippen molar-refractivity contribution in [2.45, 2.75) is 26.3 Å². The van der Waals surface area contributed by atoms with E-state index in [1.807, 2.05) is 18.7 Å². The summed E-state index contributed by atoms with van der Waals surface area (Å²) in [7, 11) is 0. The summed E-state index contributed by atoms with van der Waals surface area (Å²) in [5, 5.41) is 2.82. The third-order valence-electron chi connectivity index (χ3n) is 2.57. The van der Waals surface area contributed by atoms with Gasteiger partial charge < -0.3 is 11.1 Å². The summed E-state index contributed by atoms with van der Waals surface area (Å²) >= 11 is 1.83. The fourth-order valence-corrected chi connectivity index (χ4v) is 2.32. The smallest absolute Gasteiger partial charge is 0.253 e. The molecule has 1 aromatic rings. The number of rotatable bonds is 6. The molecule has 0 spiro atoms. The maximum atomic E-state index is 13.2. The SMILES string of the molecule is CCSCCC(C)NC(=O)c1cccc(F)c1N. The molecule has 0 bridgehead atoms. The van der Waals surface area contributed by atoms with E-state index in [0.29, 0.717) is 0 Å². The average molecular weight is 270 g/mol. The molecule has 0 aliphatic carbocycles. The van der Waals surface area contributed by atoms with Crippen molar-refractivity contribution in [3.63, 3.8) is 0 Å². The fourth-order valence-electron chi connectivity index (χ4n) is 1.51. The van der Waals surface area contributed by atoms with Crippen molar-refractivity contribution in [2.24, 2.45) is 0 Å². The number of benzene rings is 1. The molecule has 0 aliphatic heterocycles. The van der Waals surface area contributed by atoms with Gasteiger partial charge in [-0.1, -0.05) is 13.0 Å². The Bertz CT molecular complexity index is 412. The number of carbonyl (C=O) groups excluding carboxylic acids is 1. The van der Waals surface area contributed by atoms with E-state index in [2.05, 4.69) is 12.2 Å². The number of thioether (sulfide) groups is 1. The van der Waals surface area contributed by atoms with Gasteiger partial charge in [-0.25, -0.2) is 4.39 Å². The molecule has 1 rings (SSSR count). The number of halogens is 1. The molecule has 18 heavy (non-hydrogen) atoms. The summed E-state index contributed by atoms with van der Waals surface area (Å²) in [6.07, 6.45) is 0.888. The molecule has 0 heterocycles. The number of nitrogen functional groups attached to an aromatic ring is 1. The predicted octanol–water partition coefficient (Wildman–Crippen LogP) is 2.67. The van der Waals surface area contributed by atoms with Crippen molar-refractivity contribution in [1.82, 2.24) is 5.32 Å². The number of amides is 1. The molecule has 0 aliphatic rings. The zero-order valence-corrected chi connectivity index (χ0v) is 11.5. The van der Waals surface area contributed by atoms with Crippen LogP contribution < -0.4 is 11.1 Å². The number of hydrogen-bond acceptors (Lipinski definition) is 3. The van der Waals surface area contributed by atoms with Crippen LogP contribution in [0.2, 0.25) is 0 Å². The largest absolute Gasteiger partial charge is 0.396 e. The lowest BCUT2D eigenvalue weighted by molar-refractivity contribution is 0.0940. The molecule has 1 unspecified atom stereocenters. The number of para-hydroxylation sites is 1. The van der Waals surface area contributed by atoms with Crippen LogP contribution in [0.3, 0.4) is 0 Å². The quantitative estimate of drug-likeness (QED) is 0.617. The third-order valence-corrected chi connectivity index (χ3v) is 3.51. The monoisotopic (exact) mass is 270 g/mol. The topological polar surface area (TPSA) is 55.1 Å². The zero-order valence-electron chi connectivity index (χ0n) is 10.7. The lowest BCUT2D eigenvalue weighted by Gasteiger charge is -2.14. The van der Waals surface area contributed by atoms with Crippen molar-refractivity contribution in [3.8, 4) is 0 Å². The van der Waals surface area contributed by atoms with Crippen LogP contribution in [0, 0.1) is 5.82 Å². The summed E-state index contributed by atoms with van der Waals surface area (Å²) < 4.78 is 13.2. The Morgan fingerprint density at radius 1 is 1.56 bits per heavy atom. The second-order valence-electron chi connectivity index (χ2n) is 4.06. The van der Waals surface area contributed by atoms with Gasteiger partial charge in [-0.3, -0.25) is 4.79 Å². The highest BCUT2D eigenvalue weighted by atomic mass is 32.2. The average Bonchev–Trinajstić information content (AvgIpc) is 2.32. The Morgan fingerprint density at radius 3 is 2.94 bits per heavy atom. The Labute approximate surface area is 111 Å². The van der Waals surface area contributed by atoms with E-state index >= 15 is 0 Å². The lowest BCUT2D eigenvalue weighted by atomic mass is 10.1. The standard InChI is InChI=1S/C13H19FN2OS/c1-3-18-8-7-9(2)16-13(17)10-5-4-6-11(14)12(10)15/h4-6,9H,3,7-8,15H2,1-2H3,(H,16,17). The Morgan fingerprint density at radius 2 is 2.28 bits per heavy atom. The summed E-state index contributed by atoms with van der Waals surface area (Å²) in [5.74, 6) is 1.19. The Balaban J connectivity index is 2.57.